The first-order valence-electron chi connectivity index (χ1n) is 8.21. The van der Waals surface area contributed by atoms with Gasteiger partial charge >= 0.3 is 0 Å². The fourth-order valence-electron chi connectivity index (χ4n) is 2.53. The number of amides is 1. The molecule has 126 valence electrons. The molecule has 0 spiro atoms. The Morgan fingerprint density at radius 3 is 2.72 bits per heavy atom. The van der Waals surface area contributed by atoms with Gasteiger partial charge in [-0.05, 0) is 48.7 Å². The summed E-state index contributed by atoms with van der Waals surface area (Å²) < 4.78 is 0. The Kier molecular flexibility index (Phi) is 5.04. The number of carbonyl (C=O) groups excluding carboxylic acids is 1. The van der Waals surface area contributed by atoms with Crippen molar-refractivity contribution in [3.05, 3.63) is 77.6 Å². The topological polar surface area (TPSA) is 66.9 Å². The van der Waals surface area contributed by atoms with E-state index in [1.54, 1.807) is 12.3 Å². The predicted octanol–water partition coefficient (Wildman–Crippen LogP) is 4.34. The molecular formula is C20H20N4O. The molecule has 2 aromatic carbocycles. The van der Waals surface area contributed by atoms with Crippen molar-refractivity contribution in [3.63, 3.8) is 0 Å². The Morgan fingerprint density at radius 2 is 1.92 bits per heavy atom. The van der Waals surface area contributed by atoms with Gasteiger partial charge in [-0.2, -0.15) is 0 Å². The molecule has 1 aromatic heterocycles. The molecule has 0 saturated carbocycles. The van der Waals surface area contributed by atoms with Gasteiger partial charge < -0.3 is 10.6 Å². The van der Waals surface area contributed by atoms with Gasteiger partial charge in [0.15, 0.2) is 0 Å². The van der Waals surface area contributed by atoms with Gasteiger partial charge in [0.2, 0.25) is 5.95 Å². The highest BCUT2D eigenvalue weighted by molar-refractivity contribution is 6.03. The Hall–Kier alpha value is -3.21. The number of nitrogens with zero attached hydrogens (tertiary/aromatic N) is 2. The molecule has 0 aliphatic carbocycles. The number of aryl methyl sites for hydroxylation is 2. The van der Waals surface area contributed by atoms with E-state index in [4.69, 9.17) is 0 Å². The number of benzene rings is 2. The van der Waals surface area contributed by atoms with Gasteiger partial charge in [0.05, 0.1) is 0 Å². The van der Waals surface area contributed by atoms with Gasteiger partial charge in [-0.1, -0.05) is 37.3 Å². The van der Waals surface area contributed by atoms with Crippen molar-refractivity contribution in [1.82, 2.24) is 9.97 Å². The van der Waals surface area contributed by atoms with Crippen LogP contribution in [0.1, 0.15) is 28.5 Å². The lowest BCUT2D eigenvalue weighted by molar-refractivity contribution is 0.102. The van der Waals surface area contributed by atoms with Crippen molar-refractivity contribution in [3.8, 4) is 0 Å². The minimum Gasteiger partial charge on any atom is -0.324 e. The summed E-state index contributed by atoms with van der Waals surface area (Å²) in [7, 11) is 0. The zero-order valence-electron chi connectivity index (χ0n) is 14.3. The maximum absolute atomic E-state index is 12.4. The highest BCUT2D eigenvalue weighted by Gasteiger charge is 2.10. The first-order chi connectivity index (χ1) is 12.2. The average molecular weight is 332 g/mol. The molecule has 0 aliphatic rings. The Bertz CT molecular complexity index is 892. The van der Waals surface area contributed by atoms with Gasteiger partial charge in [-0.3, -0.25) is 4.79 Å². The molecule has 0 aliphatic heterocycles. The van der Waals surface area contributed by atoms with Crippen molar-refractivity contribution < 1.29 is 4.79 Å². The van der Waals surface area contributed by atoms with Crippen LogP contribution >= 0.6 is 0 Å². The smallest absolute Gasteiger partial charge is 0.274 e. The summed E-state index contributed by atoms with van der Waals surface area (Å²) in [5, 5.41) is 6.05. The van der Waals surface area contributed by atoms with Gasteiger partial charge in [0, 0.05) is 17.6 Å². The molecule has 25 heavy (non-hydrogen) atoms. The molecule has 1 heterocycles. The molecule has 5 heteroatoms. The summed E-state index contributed by atoms with van der Waals surface area (Å²) in [6.45, 7) is 4.07. The molecule has 0 unspecified atom stereocenters. The number of rotatable bonds is 5. The second kappa shape index (κ2) is 7.57. The molecule has 5 nitrogen and oxygen atoms in total. The standard InChI is InChI=1S/C20H20N4O/c1-3-15-8-4-5-10-17(15)23-20-21-12-11-18(24-20)19(25)22-16-9-6-7-14(2)13-16/h4-13H,3H2,1-2H3,(H,22,25)(H,21,23,24). The molecule has 3 aromatic rings. The van der Waals surface area contributed by atoms with E-state index in [1.165, 1.54) is 5.56 Å². The quantitative estimate of drug-likeness (QED) is 0.729. The van der Waals surface area contributed by atoms with Crippen LogP contribution in [0.5, 0.6) is 0 Å². The number of aromatic nitrogens is 2. The van der Waals surface area contributed by atoms with Crippen molar-refractivity contribution in [2.45, 2.75) is 20.3 Å². The molecular weight excluding hydrogens is 312 g/mol. The van der Waals surface area contributed by atoms with Crippen molar-refractivity contribution in [2.75, 3.05) is 10.6 Å². The van der Waals surface area contributed by atoms with Gasteiger partial charge in [0.25, 0.3) is 5.91 Å². The average Bonchev–Trinajstić information content (AvgIpc) is 2.62. The van der Waals surface area contributed by atoms with E-state index in [2.05, 4.69) is 33.6 Å². The lowest BCUT2D eigenvalue weighted by atomic mass is 10.1. The highest BCUT2D eigenvalue weighted by Crippen LogP contribution is 2.19. The van der Waals surface area contributed by atoms with E-state index in [9.17, 15) is 4.79 Å². The normalized spacial score (nSPS) is 10.3. The molecule has 0 bridgehead atoms. The number of carbonyl (C=O) groups is 1. The Morgan fingerprint density at radius 1 is 1.08 bits per heavy atom. The number of nitrogens with one attached hydrogen (secondary N) is 2. The summed E-state index contributed by atoms with van der Waals surface area (Å²) >= 11 is 0. The third-order valence-electron chi connectivity index (χ3n) is 3.81. The maximum atomic E-state index is 12.4. The van der Waals surface area contributed by atoms with Gasteiger partial charge in [0.1, 0.15) is 5.69 Å². The van der Waals surface area contributed by atoms with E-state index in [1.807, 2.05) is 49.4 Å². The number of anilines is 3. The van der Waals surface area contributed by atoms with Gasteiger partial charge in [-0.25, -0.2) is 9.97 Å². The van der Waals surface area contributed by atoms with Crippen LogP contribution in [-0.2, 0) is 6.42 Å². The molecule has 0 fully saturated rings. The third-order valence-corrected chi connectivity index (χ3v) is 3.81. The predicted molar refractivity (Wildman–Crippen MR) is 100 cm³/mol. The molecule has 1 amide bonds. The summed E-state index contributed by atoms with van der Waals surface area (Å²) in [6.07, 6.45) is 2.48. The number of para-hydroxylation sites is 1. The van der Waals surface area contributed by atoms with Crippen molar-refractivity contribution in [1.29, 1.82) is 0 Å². The van der Waals surface area contributed by atoms with Crippen molar-refractivity contribution >= 4 is 23.2 Å². The van der Waals surface area contributed by atoms with Crippen LogP contribution in [-0.4, -0.2) is 15.9 Å². The largest absolute Gasteiger partial charge is 0.324 e. The Labute approximate surface area is 147 Å². The zero-order valence-corrected chi connectivity index (χ0v) is 14.3. The van der Waals surface area contributed by atoms with Crippen LogP contribution in [0.15, 0.2) is 60.8 Å². The monoisotopic (exact) mass is 332 g/mol. The van der Waals surface area contributed by atoms with Crippen molar-refractivity contribution in [2.24, 2.45) is 0 Å². The fraction of sp³-hybridized carbons (Fsp3) is 0.150. The number of hydrogen-bond acceptors (Lipinski definition) is 4. The SMILES string of the molecule is CCc1ccccc1Nc1nccc(C(=O)Nc2cccc(C)c2)n1. The first kappa shape index (κ1) is 16.6. The second-order valence-corrected chi connectivity index (χ2v) is 5.72. The van der Waals surface area contributed by atoms with E-state index in [0.717, 1.165) is 23.4 Å². The minimum atomic E-state index is -0.264. The van der Waals surface area contributed by atoms with Crippen LogP contribution < -0.4 is 10.6 Å². The fourth-order valence-corrected chi connectivity index (χ4v) is 2.53. The summed E-state index contributed by atoms with van der Waals surface area (Å²) in [5.74, 6) is 0.137. The molecule has 0 saturated heterocycles. The molecule has 2 N–H and O–H groups in total. The summed E-state index contributed by atoms with van der Waals surface area (Å²) in [6, 6.07) is 17.2. The summed E-state index contributed by atoms with van der Waals surface area (Å²) in [5.41, 5.74) is 4.25. The van der Waals surface area contributed by atoms with Crippen LogP contribution in [0.3, 0.4) is 0 Å². The zero-order chi connectivity index (χ0) is 17.6. The summed E-state index contributed by atoms with van der Waals surface area (Å²) in [4.78, 5) is 21.0. The molecule has 3 rings (SSSR count). The van der Waals surface area contributed by atoms with E-state index < -0.39 is 0 Å². The molecule has 0 radical (unpaired) electrons. The van der Waals surface area contributed by atoms with E-state index in [0.29, 0.717) is 11.6 Å². The minimum absolute atomic E-state index is 0.264. The van der Waals surface area contributed by atoms with E-state index in [-0.39, 0.29) is 5.91 Å². The molecule has 0 atom stereocenters. The maximum Gasteiger partial charge on any atom is 0.274 e. The highest BCUT2D eigenvalue weighted by atomic mass is 16.1. The second-order valence-electron chi connectivity index (χ2n) is 5.72. The van der Waals surface area contributed by atoms with Crippen LogP contribution in [0, 0.1) is 6.92 Å². The Balaban J connectivity index is 1.78. The van der Waals surface area contributed by atoms with Crippen LogP contribution in [0.4, 0.5) is 17.3 Å². The van der Waals surface area contributed by atoms with Crippen LogP contribution in [0.25, 0.3) is 0 Å². The van der Waals surface area contributed by atoms with E-state index >= 15 is 0 Å². The lowest BCUT2D eigenvalue weighted by Crippen LogP contribution is -2.15. The first-order valence-corrected chi connectivity index (χ1v) is 8.21. The third kappa shape index (κ3) is 4.20. The van der Waals surface area contributed by atoms with Crippen LogP contribution in [0.2, 0.25) is 0 Å². The lowest BCUT2D eigenvalue weighted by Gasteiger charge is -2.10. The number of hydrogen-bond donors (Lipinski definition) is 2. The van der Waals surface area contributed by atoms with Gasteiger partial charge in [-0.15, -0.1) is 0 Å².